The van der Waals surface area contributed by atoms with Crippen LogP contribution in [0.1, 0.15) is 44.3 Å². The molecule has 6 nitrogen and oxygen atoms in total. The van der Waals surface area contributed by atoms with Gasteiger partial charge in [0.15, 0.2) is 5.15 Å². The van der Waals surface area contributed by atoms with Gasteiger partial charge in [-0.1, -0.05) is 36.7 Å². The van der Waals surface area contributed by atoms with Crippen LogP contribution in [0.3, 0.4) is 0 Å². The third kappa shape index (κ3) is 4.20. The van der Waals surface area contributed by atoms with E-state index in [2.05, 4.69) is 46.0 Å². The molecule has 3 atom stereocenters. The number of fused-ring (bicyclic) bond motifs is 2. The van der Waals surface area contributed by atoms with Gasteiger partial charge in [0.05, 0.1) is 11.7 Å². The first-order chi connectivity index (χ1) is 13.9. The summed E-state index contributed by atoms with van der Waals surface area (Å²) in [5, 5.41) is 6.03. The third-order valence-electron chi connectivity index (χ3n) is 5.41. The Hall–Kier alpha value is -2.28. The van der Waals surface area contributed by atoms with E-state index in [0.29, 0.717) is 17.0 Å². The number of halogens is 2. The van der Waals surface area contributed by atoms with Crippen LogP contribution in [-0.4, -0.2) is 24.7 Å². The fraction of sp³-hybridized carbons (Fsp3) is 0.333. The van der Waals surface area contributed by atoms with Crippen molar-refractivity contribution < 1.29 is 0 Å². The molecule has 150 valence electrons. The zero-order valence-corrected chi connectivity index (χ0v) is 17.8. The van der Waals surface area contributed by atoms with E-state index in [9.17, 15) is 0 Å². The maximum absolute atomic E-state index is 6.54. The van der Waals surface area contributed by atoms with Gasteiger partial charge in [0.1, 0.15) is 11.0 Å². The summed E-state index contributed by atoms with van der Waals surface area (Å²) < 4.78 is 1.87. The molecule has 0 fully saturated rings. The van der Waals surface area contributed by atoms with Crippen LogP contribution in [-0.2, 0) is 0 Å². The zero-order valence-electron chi connectivity index (χ0n) is 16.3. The van der Waals surface area contributed by atoms with E-state index in [0.717, 1.165) is 29.3 Å². The molecule has 0 aliphatic heterocycles. The van der Waals surface area contributed by atoms with Crippen LogP contribution in [0, 0.1) is 5.92 Å². The van der Waals surface area contributed by atoms with Crippen LogP contribution in [0.2, 0.25) is 10.4 Å². The summed E-state index contributed by atoms with van der Waals surface area (Å²) in [5.74, 6) is 0.295. The van der Waals surface area contributed by atoms with Crippen molar-refractivity contribution in [1.82, 2.24) is 24.7 Å². The van der Waals surface area contributed by atoms with E-state index in [1.165, 1.54) is 0 Å². The Labute approximate surface area is 179 Å². The summed E-state index contributed by atoms with van der Waals surface area (Å²) in [7, 11) is 0. The van der Waals surface area contributed by atoms with Crippen LogP contribution in [0.25, 0.3) is 21.9 Å². The topological polar surface area (TPSA) is 82.5 Å². The quantitative estimate of drug-likeness (QED) is 0.330. The molecule has 3 heterocycles. The minimum Gasteiger partial charge on any atom is -0.324 e. The Morgan fingerprint density at radius 1 is 1.07 bits per heavy atom. The number of para-hydroxylation sites is 1. The second-order valence-electron chi connectivity index (χ2n) is 7.52. The van der Waals surface area contributed by atoms with Crippen LogP contribution >= 0.6 is 23.2 Å². The Kier molecular flexibility index (Phi) is 5.67. The van der Waals surface area contributed by atoms with Crippen molar-refractivity contribution in [2.45, 2.75) is 38.8 Å². The summed E-state index contributed by atoms with van der Waals surface area (Å²) >= 11 is 12.0. The molecular formula is C21H22Cl2N6. The highest BCUT2D eigenvalue weighted by atomic mass is 35.5. The Bertz CT molecular complexity index is 1160. The molecule has 0 saturated heterocycles. The number of benzene rings is 1. The standard InChI is InChI=1S/C21H22Cl2N6/c1-12(18(24)15-9-14-5-3-4-6-16(14)25-10-15)7-8-13(2)29-11-17-19(28-29)20(22)27-21(23)26-17/h3-6,9-13,18H,7-8,24H2,1-2H3/t12?,13?,18-/m1/s1. The molecule has 29 heavy (non-hydrogen) atoms. The normalized spacial score (nSPS) is 14.9. The lowest BCUT2D eigenvalue weighted by molar-refractivity contribution is 0.365. The van der Waals surface area contributed by atoms with Gasteiger partial charge >= 0.3 is 0 Å². The molecule has 3 aromatic heterocycles. The molecule has 0 bridgehead atoms. The van der Waals surface area contributed by atoms with Crippen molar-refractivity contribution in [3.8, 4) is 0 Å². The number of rotatable bonds is 6. The number of nitrogens with two attached hydrogens (primary N) is 1. The van der Waals surface area contributed by atoms with Gasteiger partial charge in [-0.2, -0.15) is 5.10 Å². The molecule has 0 aliphatic carbocycles. The van der Waals surface area contributed by atoms with Gasteiger partial charge in [-0.05, 0) is 55.0 Å². The van der Waals surface area contributed by atoms with E-state index in [4.69, 9.17) is 28.9 Å². The summed E-state index contributed by atoms with van der Waals surface area (Å²) in [5.41, 5.74) is 9.80. The fourth-order valence-corrected chi connectivity index (χ4v) is 3.94. The molecule has 2 N–H and O–H groups in total. The molecule has 2 unspecified atom stereocenters. The summed E-state index contributed by atoms with van der Waals surface area (Å²) in [6.07, 6.45) is 5.61. The van der Waals surface area contributed by atoms with Gasteiger partial charge in [0.25, 0.3) is 0 Å². The SMILES string of the molecule is CC(CCC(C)n1cc2nc(Cl)nc(Cl)c2n1)[C@@H](N)c1cnc2ccccc2c1. The van der Waals surface area contributed by atoms with Crippen molar-refractivity contribution in [2.75, 3.05) is 0 Å². The monoisotopic (exact) mass is 428 g/mol. The first-order valence-electron chi connectivity index (χ1n) is 9.60. The van der Waals surface area contributed by atoms with Gasteiger partial charge < -0.3 is 5.73 Å². The Balaban J connectivity index is 1.44. The summed E-state index contributed by atoms with van der Waals surface area (Å²) in [6.45, 7) is 4.29. The van der Waals surface area contributed by atoms with E-state index < -0.39 is 0 Å². The van der Waals surface area contributed by atoms with Gasteiger partial charge in [-0.3, -0.25) is 9.67 Å². The maximum Gasteiger partial charge on any atom is 0.224 e. The Morgan fingerprint density at radius 3 is 2.69 bits per heavy atom. The van der Waals surface area contributed by atoms with Crippen LogP contribution < -0.4 is 5.73 Å². The minimum absolute atomic E-state index is 0.0740. The molecule has 0 saturated carbocycles. The molecule has 0 amide bonds. The van der Waals surface area contributed by atoms with Crippen molar-refractivity contribution in [2.24, 2.45) is 11.7 Å². The molecule has 0 spiro atoms. The van der Waals surface area contributed by atoms with Gasteiger partial charge in [-0.25, -0.2) is 9.97 Å². The average molecular weight is 429 g/mol. The molecule has 0 aliphatic rings. The number of aromatic nitrogens is 5. The van der Waals surface area contributed by atoms with Gasteiger partial charge in [-0.15, -0.1) is 0 Å². The van der Waals surface area contributed by atoms with Crippen molar-refractivity contribution in [3.05, 3.63) is 58.7 Å². The first kappa shape index (κ1) is 20.0. The average Bonchev–Trinajstić information content (AvgIpc) is 3.15. The Morgan fingerprint density at radius 2 is 1.86 bits per heavy atom. The van der Waals surface area contributed by atoms with Crippen molar-refractivity contribution in [3.63, 3.8) is 0 Å². The number of pyridine rings is 1. The lowest BCUT2D eigenvalue weighted by Gasteiger charge is -2.22. The predicted octanol–water partition coefficient (Wildman–Crippen LogP) is 5.36. The highest BCUT2D eigenvalue weighted by Gasteiger charge is 2.19. The van der Waals surface area contributed by atoms with E-state index in [1.807, 2.05) is 35.3 Å². The van der Waals surface area contributed by atoms with Crippen LogP contribution in [0.4, 0.5) is 0 Å². The second kappa shape index (κ2) is 8.22. The highest BCUT2D eigenvalue weighted by Crippen LogP contribution is 2.28. The smallest absolute Gasteiger partial charge is 0.224 e. The van der Waals surface area contributed by atoms with Crippen molar-refractivity contribution >= 4 is 45.1 Å². The molecule has 4 rings (SSSR count). The lowest BCUT2D eigenvalue weighted by Crippen LogP contribution is -2.20. The number of nitrogens with zero attached hydrogens (tertiary/aromatic N) is 5. The number of hydrogen-bond donors (Lipinski definition) is 1. The van der Waals surface area contributed by atoms with E-state index in [1.54, 1.807) is 0 Å². The molecule has 8 heteroatoms. The molecule has 4 aromatic rings. The lowest BCUT2D eigenvalue weighted by atomic mass is 9.90. The third-order valence-corrected chi connectivity index (χ3v) is 5.84. The van der Waals surface area contributed by atoms with Crippen molar-refractivity contribution in [1.29, 1.82) is 0 Å². The minimum atomic E-state index is -0.0740. The van der Waals surface area contributed by atoms with Gasteiger partial charge in [0.2, 0.25) is 5.28 Å². The fourth-order valence-electron chi connectivity index (χ4n) is 3.51. The molecule has 1 aromatic carbocycles. The number of hydrogen-bond acceptors (Lipinski definition) is 5. The second-order valence-corrected chi connectivity index (χ2v) is 8.21. The largest absolute Gasteiger partial charge is 0.324 e. The summed E-state index contributed by atoms with van der Waals surface area (Å²) in [4.78, 5) is 12.7. The van der Waals surface area contributed by atoms with E-state index in [-0.39, 0.29) is 22.5 Å². The van der Waals surface area contributed by atoms with Crippen LogP contribution in [0.5, 0.6) is 0 Å². The summed E-state index contributed by atoms with van der Waals surface area (Å²) in [6, 6.07) is 10.3. The highest BCUT2D eigenvalue weighted by molar-refractivity contribution is 6.35. The van der Waals surface area contributed by atoms with Crippen LogP contribution in [0.15, 0.2) is 42.7 Å². The molecular weight excluding hydrogens is 407 g/mol. The van der Waals surface area contributed by atoms with Gasteiger partial charge in [0, 0.05) is 23.7 Å². The first-order valence-corrected chi connectivity index (χ1v) is 10.4. The maximum atomic E-state index is 6.54. The van der Waals surface area contributed by atoms with E-state index >= 15 is 0 Å². The molecule has 0 radical (unpaired) electrons. The zero-order chi connectivity index (χ0) is 20.5. The predicted molar refractivity (Wildman–Crippen MR) is 117 cm³/mol.